The molecule has 1 aromatic carbocycles. The van der Waals surface area contributed by atoms with Gasteiger partial charge in [-0.1, -0.05) is 42.8 Å². The van der Waals surface area contributed by atoms with Gasteiger partial charge >= 0.3 is 5.97 Å². The van der Waals surface area contributed by atoms with E-state index in [4.69, 9.17) is 4.74 Å². The van der Waals surface area contributed by atoms with Gasteiger partial charge in [-0.05, 0) is 25.3 Å². The molecule has 0 N–H and O–H groups in total. The molecule has 16 heavy (non-hydrogen) atoms. The molecule has 2 heteroatoms. The molecule has 0 aliphatic rings. The Hall–Kier alpha value is -1.57. The highest BCUT2D eigenvalue weighted by Crippen LogP contribution is 2.11. The Bertz CT molecular complexity index is 352. The van der Waals surface area contributed by atoms with Crippen molar-refractivity contribution in [3.05, 3.63) is 47.5 Å². The fourth-order valence-corrected chi connectivity index (χ4v) is 1.49. The molecular formula is C14H18O2. The van der Waals surface area contributed by atoms with E-state index in [1.807, 2.05) is 32.0 Å². The van der Waals surface area contributed by atoms with Crippen LogP contribution in [0.4, 0.5) is 0 Å². The van der Waals surface area contributed by atoms with E-state index in [0.29, 0.717) is 6.61 Å². The number of carbonyl (C=O) groups is 1. The summed E-state index contributed by atoms with van der Waals surface area (Å²) >= 11 is 0. The van der Waals surface area contributed by atoms with Crippen molar-refractivity contribution in [1.29, 1.82) is 0 Å². The first-order valence-electron chi connectivity index (χ1n) is 5.66. The molecule has 0 spiro atoms. The molecule has 0 atom stereocenters. The Morgan fingerprint density at radius 2 is 1.94 bits per heavy atom. The van der Waals surface area contributed by atoms with Crippen molar-refractivity contribution in [1.82, 2.24) is 0 Å². The molecule has 1 aromatic rings. The van der Waals surface area contributed by atoms with Crippen LogP contribution in [0.25, 0.3) is 0 Å². The number of hydrogen-bond acceptors (Lipinski definition) is 2. The molecule has 0 heterocycles. The zero-order valence-corrected chi connectivity index (χ0v) is 9.90. The maximum absolute atomic E-state index is 11.3. The molecule has 2 nitrogen and oxygen atoms in total. The third kappa shape index (κ3) is 4.30. The molecule has 86 valence electrons. The van der Waals surface area contributed by atoms with Gasteiger partial charge in [-0.25, -0.2) is 4.79 Å². The van der Waals surface area contributed by atoms with Gasteiger partial charge in [-0.2, -0.15) is 0 Å². The normalized spacial score (nSPS) is 11.2. The number of benzene rings is 1. The van der Waals surface area contributed by atoms with Crippen LogP contribution in [-0.4, -0.2) is 12.6 Å². The molecular weight excluding hydrogens is 200 g/mol. The summed E-state index contributed by atoms with van der Waals surface area (Å²) < 4.78 is 4.90. The third-order valence-electron chi connectivity index (χ3n) is 2.34. The van der Waals surface area contributed by atoms with Crippen LogP contribution in [-0.2, 0) is 16.0 Å². The van der Waals surface area contributed by atoms with E-state index in [2.05, 4.69) is 12.1 Å². The first-order chi connectivity index (χ1) is 7.76. The van der Waals surface area contributed by atoms with Crippen molar-refractivity contribution in [2.45, 2.75) is 26.7 Å². The van der Waals surface area contributed by atoms with Crippen LogP contribution in [0.15, 0.2) is 42.0 Å². The number of carbonyl (C=O) groups excluding carboxylic acids is 1. The summed E-state index contributed by atoms with van der Waals surface area (Å²) in [6, 6.07) is 10.1. The van der Waals surface area contributed by atoms with Gasteiger partial charge in [0.2, 0.25) is 0 Å². The summed E-state index contributed by atoms with van der Waals surface area (Å²) in [7, 11) is 0. The van der Waals surface area contributed by atoms with Gasteiger partial charge in [-0.15, -0.1) is 0 Å². The van der Waals surface area contributed by atoms with E-state index in [-0.39, 0.29) is 5.97 Å². The predicted octanol–water partition coefficient (Wildman–Crippen LogP) is 3.13. The largest absolute Gasteiger partial charge is 0.463 e. The number of esters is 1. The minimum atomic E-state index is -0.240. The van der Waals surface area contributed by atoms with Crippen molar-refractivity contribution in [3.8, 4) is 0 Å². The van der Waals surface area contributed by atoms with E-state index >= 15 is 0 Å². The molecule has 0 aliphatic carbocycles. The maximum Gasteiger partial charge on any atom is 0.330 e. The Morgan fingerprint density at radius 3 is 2.50 bits per heavy atom. The highest BCUT2D eigenvalue weighted by atomic mass is 16.5. The zero-order chi connectivity index (χ0) is 11.8. The maximum atomic E-state index is 11.3. The van der Waals surface area contributed by atoms with Crippen molar-refractivity contribution < 1.29 is 9.53 Å². The zero-order valence-electron chi connectivity index (χ0n) is 9.90. The molecule has 0 unspecified atom stereocenters. The molecule has 0 fully saturated rings. The summed E-state index contributed by atoms with van der Waals surface area (Å²) in [6.45, 7) is 4.29. The van der Waals surface area contributed by atoms with Crippen molar-refractivity contribution >= 4 is 5.97 Å². The second-order valence-electron chi connectivity index (χ2n) is 3.57. The Kier molecular flexibility index (Phi) is 5.34. The summed E-state index contributed by atoms with van der Waals surface area (Å²) in [4.78, 5) is 11.3. The van der Waals surface area contributed by atoms with Gasteiger partial charge in [0.1, 0.15) is 0 Å². The smallest absolute Gasteiger partial charge is 0.330 e. The standard InChI is InChI=1S/C14H18O2/c1-3-12(11-14(15)16-4-2)10-13-8-6-5-7-9-13/h5-9,11H,3-4,10H2,1-2H3. The first kappa shape index (κ1) is 12.5. The topological polar surface area (TPSA) is 26.3 Å². The Labute approximate surface area is 96.9 Å². The fourth-order valence-electron chi connectivity index (χ4n) is 1.49. The fraction of sp³-hybridized carbons (Fsp3) is 0.357. The lowest BCUT2D eigenvalue weighted by Gasteiger charge is -2.04. The molecule has 0 aliphatic heterocycles. The van der Waals surface area contributed by atoms with E-state index in [1.54, 1.807) is 6.08 Å². The average molecular weight is 218 g/mol. The minimum absolute atomic E-state index is 0.240. The van der Waals surface area contributed by atoms with Crippen molar-refractivity contribution in [3.63, 3.8) is 0 Å². The first-order valence-corrected chi connectivity index (χ1v) is 5.66. The number of rotatable bonds is 5. The average Bonchev–Trinajstić information content (AvgIpc) is 2.30. The molecule has 0 aromatic heterocycles. The number of allylic oxidation sites excluding steroid dienone is 1. The monoisotopic (exact) mass is 218 g/mol. The quantitative estimate of drug-likeness (QED) is 0.560. The second-order valence-corrected chi connectivity index (χ2v) is 3.57. The van der Waals surface area contributed by atoms with Crippen molar-refractivity contribution in [2.24, 2.45) is 0 Å². The van der Waals surface area contributed by atoms with Crippen LogP contribution in [0, 0.1) is 0 Å². The molecule has 0 bridgehead atoms. The lowest BCUT2D eigenvalue weighted by Crippen LogP contribution is -2.02. The van der Waals surface area contributed by atoms with Crippen LogP contribution >= 0.6 is 0 Å². The Balaban J connectivity index is 2.65. The van der Waals surface area contributed by atoms with Gasteiger partial charge < -0.3 is 4.74 Å². The van der Waals surface area contributed by atoms with E-state index < -0.39 is 0 Å². The van der Waals surface area contributed by atoms with Crippen LogP contribution in [0.2, 0.25) is 0 Å². The molecule has 0 saturated heterocycles. The lowest BCUT2D eigenvalue weighted by molar-refractivity contribution is -0.137. The Morgan fingerprint density at radius 1 is 1.25 bits per heavy atom. The van der Waals surface area contributed by atoms with Gasteiger partial charge in [0.05, 0.1) is 6.61 Å². The second kappa shape index (κ2) is 6.83. The van der Waals surface area contributed by atoms with Crippen molar-refractivity contribution in [2.75, 3.05) is 6.61 Å². The number of ether oxygens (including phenoxy) is 1. The highest BCUT2D eigenvalue weighted by molar-refractivity contribution is 5.82. The van der Waals surface area contributed by atoms with Gasteiger partial charge in [0.15, 0.2) is 0 Å². The third-order valence-corrected chi connectivity index (χ3v) is 2.34. The summed E-state index contributed by atoms with van der Waals surface area (Å²) in [5, 5.41) is 0. The predicted molar refractivity (Wildman–Crippen MR) is 65.2 cm³/mol. The summed E-state index contributed by atoms with van der Waals surface area (Å²) in [5.74, 6) is -0.240. The van der Waals surface area contributed by atoms with Crippen LogP contribution < -0.4 is 0 Å². The van der Waals surface area contributed by atoms with E-state index in [0.717, 1.165) is 18.4 Å². The lowest BCUT2D eigenvalue weighted by atomic mass is 10.0. The van der Waals surface area contributed by atoms with Crippen LogP contribution in [0.1, 0.15) is 25.8 Å². The molecule has 0 amide bonds. The van der Waals surface area contributed by atoms with Gasteiger partial charge in [0.25, 0.3) is 0 Å². The van der Waals surface area contributed by atoms with Crippen LogP contribution in [0.5, 0.6) is 0 Å². The molecule has 0 radical (unpaired) electrons. The minimum Gasteiger partial charge on any atom is -0.463 e. The van der Waals surface area contributed by atoms with Crippen LogP contribution in [0.3, 0.4) is 0 Å². The molecule has 1 rings (SSSR count). The van der Waals surface area contributed by atoms with E-state index in [9.17, 15) is 4.79 Å². The number of hydrogen-bond donors (Lipinski definition) is 0. The van der Waals surface area contributed by atoms with Gasteiger partial charge in [0, 0.05) is 6.08 Å². The summed E-state index contributed by atoms with van der Waals surface area (Å²) in [6.07, 6.45) is 3.29. The van der Waals surface area contributed by atoms with E-state index in [1.165, 1.54) is 5.56 Å². The van der Waals surface area contributed by atoms with Gasteiger partial charge in [-0.3, -0.25) is 0 Å². The highest BCUT2D eigenvalue weighted by Gasteiger charge is 2.02. The molecule has 0 saturated carbocycles. The summed E-state index contributed by atoms with van der Waals surface area (Å²) in [5.41, 5.74) is 2.32. The SMILES string of the molecule is CCOC(=O)C=C(CC)Cc1ccccc1.